The van der Waals surface area contributed by atoms with Gasteiger partial charge in [-0.3, -0.25) is 9.59 Å². The first kappa shape index (κ1) is 15.5. The molecular weight excluding hydrogens is 312 g/mol. The van der Waals surface area contributed by atoms with Gasteiger partial charge in [0.2, 0.25) is 5.91 Å². The monoisotopic (exact) mass is 324 g/mol. The van der Waals surface area contributed by atoms with E-state index in [1.54, 1.807) is 24.3 Å². The van der Waals surface area contributed by atoms with Crippen molar-refractivity contribution in [3.8, 4) is 0 Å². The molecule has 1 aromatic carbocycles. The zero-order valence-corrected chi connectivity index (χ0v) is 12.4. The van der Waals surface area contributed by atoms with Crippen molar-refractivity contribution in [3.63, 3.8) is 0 Å². The fourth-order valence-electron chi connectivity index (χ4n) is 1.66. The van der Waals surface area contributed by atoms with Crippen molar-refractivity contribution in [3.05, 3.63) is 56.7 Å². The second kappa shape index (κ2) is 6.71. The molecule has 1 heterocycles. The van der Waals surface area contributed by atoms with Crippen molar-refractivity contribution in [2.75, 3.05) is 6.54 Å². The normalized spacial score (nSPS) is 11.9. The Balaban J connectivity index is 1.93. The molecular formula is C14H13ClN2O3S. The second-order valence-corrected chi connectivity index (χ2v) is 5.69. The van der Waals surface area contributed by atoms with Crippen molar-refractivity contribution in [1.29, 1.82) is 0 Å². The predicted octanol–water partition coefficient (Wildman–Crippen LogP) is 1.96. The Hall–Kier alpha value is -1.89. The van der Waals surface area contributed by atoms with Crippen LogP contribution in [0.1, 0.15) is 31.7 Å². The lowest BCUT2D eigenvalue weighted by Crippen LogP contribution is -2.27. The SMILES string of the molecule is NC(=O)c1csc(C(=O)NCC(O)c2ccc(Cl)cc2)c1. The third kappa shape index (κ3) is 4.04. The number of benzene rings is 1. The minimum absolute atomic E-state index is 0.0598. The maximum atomic E-state index is 11.9. The van der Waals surface area contributed by atoms with Gasteiger partial charge in [0, 0.05) is 16.9 Å². The average molecular weight is 325 g/mol. The van der Waals surface area contributed by atoms with E-state index in [4.69, 9.17) is 17.3 Å². The minimum Gasteiger partial charge on any atom is -0.387 e. The van der Waals surface area contributed by atoms with Gasteiger partial charge in [-0.25, -0.2) is 0 Å². The third-order valence-corrected chi connectivity index (χ3v) is 4.00. The molecule has 0 aliphatic rings. The lowest BCUT2D eigenvalue weighted by Gasteiger charge is -2.11. The van der Waals surface area contributed by atoms with Crippen LogP contribution in [0.4, 0.5) is 0 Å². The molecule has 110 valence electrons. The van der Waals surface area contributed by atoms with Crippen LogP contribution in [0.15, 0.2) is 35.7 Å². The number of primary amides is 1. The van der Waals surface area contributed by atoms with Gasteiger partial charge in [0.25, 0.3) is 5.91 Å². The number of nitrogens with one attached hydrogen (secondary N) is 1. The van der Waals surface area contributed by atoms with Crippen LogP contribution >= 0.6 is 22.9 Å². The van der Waals surface area contributed by atoms with Crippen molar-refractivity contribution < 1.29 is 14.7 Å². The third-order valence-electron chi connectivity index (χ3n) is 2.82. The summed E-state index contributed by atoms with van der Waals surface area (Å²) >= 11 is 6.89. The Kier molecular flexibility index (Phi) is 4.95. The fourth-order valence-corrected chi connectivity index (χ4v) is 2.60. The Morgan fingerprint density at radius 1 is 1.33 bits per heavy atom. The minimum atomic E-state index is -0.832. The summed E-state index contributed by atoms with van der Waals surface area (Å²) in [5, 5.41) is 14.7. The molecule has 21 heavy (non-hydrogen) atoms. The number of carbonyl (C=O) groups excluding carboxylic acids is 2. The van der Waals surface area contributed by atoms with E-state index in [9.17, 15) is 14.7 Å². The molecule has 1 unspecified atom stereocenters. The van der Waals surface area contributed by atoms with E-state index < -0.39 is 12.0 Å². The van der Waals surface area contributed by atoms with Crippen LogP contribution in [0, 0.1) is 0 Å². The number of carbonyl (C=O) groups is 2. The molecule has 0 fully saturated rings. The van der Waals surface area contributed by atoms with Crippen LogP contribution in [-0.2, 0) is 0 Å². The van der Waals surface area contributed by atoms with E-state index >= 15 is 0 Å². The lowest BCUT2D eigenvalue weighted by atomic mass is 10.1. The highest BCUT2D eigenvalue weighted by Crippen LogP contribution is 2.17. The van der Waals surface area contributed by atoms with Crippen LogP contribution in [0.5, 0.6) is 0 Å². The van der Waals surface area contributed by atoms with E-state index in [1.807, 2.05) is 0 Å². The maximum absolute atomic E-state index is 11.9. The standard InChI is InChI=1S/C14H13ClN2O3S/c15-10-3-1-8(2-4-10)11(18)6-17-14(20)12-5-9(7-21-12)13(16)19/h1-5,7,11,18H,6H2,(H2,16,19)(H,17,20). The molecule has 0 saturated heterocycles. The van der Waals surface area contributed by atoms with E-state index in [0.29, 0.717) is 21.0 Å². The smallest absolute Gasteiger partial charge is 0.261 e. The fraction of sp³-hybridized carbons (Fsp3) is 0.143. The van der Waals surface area contributed by atoms with Crippen LogP contribution in [0.25, 0.3) is 0 Å². The maximum Gasteiger partial charge on any atom is 0.261 e. The molecule has 0 spiro atoms. The largest absolute Gasteiger partial charge is 0.387 e. The van der Waals surface area contributed by atoms with Gasteiger partial charge in [0.15, 0.2) is 0 Å². The van der Waals surface area contributed by atoms with Crippen molar-refractivity contribution in [2.24, 2.45) is 5.73 Å². The van der Waals surface area contributed by atoms with Gasteiger partial charge in [0.1, 0.15) is 0 Å². The van der Waals surface area contributed by atoms with Gasteiger partial charge >= 0.3 is 0 Å². The molecule has 7 heteroatoms. The lowest BCUT2D eigenvalue weighted by molar-refractivity contribution is 0.0920. The highest BCUT2D eigenvalue weighted by atomic mass is 35.5. The first-order valence-corrected chi connectivity index (χ1v) is 7.33. The topological polar surface area (TPSA) is 92.4 Å². The number of hydrogen-bond acceptors (Lipinski definition) is 4. The number of halogens is 1. The van der Waals surface area contributed by atoms with E-state index in [1.165, 1.54) is 11.4 Å². The molecule has 1 atom stereocenters. The summed E-state index contributed by atoms with van der Waals surface area (Å²) in [6.07, 6.45) is -0.832. The molecule has 2 aromatic rings. The number of thiophene rings is 1. The van der Waals surface area contributed by atoms with Crippen LogP contribution in [0.3, 0.4) is 0 Å². The Bertz CT molecular complexity index is 654. The number of hydrogen-bond donors (Lipinski definition) is 3. The highest BCUT2D eigenvalue weighted by Gasteiger charge is 2.14. The molecule has 5 nitrogen and oxygen atoms in total. The Morgan fingerprint density at radius 2 is 2.00 bits per heavy atom. The molecule has 0 aliphatic heterocycles. The van der Waals surface area contributed by atoms with Crippen molar-refractivity contribution in [2.45, 2.75) is 6.10 Å². The Morgan fingerprint density at radius 3 is 2.57 bits per heavy atom. The number of aliphatic hydroxyl groups is 1. The van der Waals surface area contributed by atoms with E-state index in [2.05, 4.69) is 5.32 Å². The summed E-state index contributed by atoms with van der Waals surface area (Å²) in [7, 11) is 0. The van der Waals surface area contributed by atoms with Gasteiger partial charge in [-0.1, -0.05) is 23.7 Å². The molecule has 0 saturated carbocycles. The predicted molar refractivity (Wildman–Crippen MR) is 81.6 cm³/mol. The van der Waals surface area contributed by atoms with Crippen molar-refractivity contribution >= 4 is 34.8 Å². The molecule has 1 aromatic heterocycles. The van der Waals surface area contributed by atoms with Gasteiger partial charge < -0.3 is 16.2 Å². The van der Waals surface area contributed by atoms with Gasteiger partial charge in [-0.15, -0.1) is 11.3 Å². The molecule has 2 rings (SSSR count). The molecule has 2 amide bonds. The average Bonchev–Trinajstić information content (AvgIpc) is 2.95. The highest BCUT2D eigenvalue weighted by molar-refractivity contribution is 7.12. The van der Waals surface area contributed by atoms with Gasteiger partial charge in [-0.05, 0) is 23.8 Å². The van der Waals surface area contributed by atoms with E-state index in [-0.39, 0.29) is 12.5 Å². The summed E-state index contributed by atoms with van der Waals surface area (Å²) in [5.74, 6) is -0.938. The summed E-state index contributed by atoms with van der Waals surface area (Å²) in [6, 6.07) is 8.14. The molecule has 4 N–H and O–H groups in total. The summed E-state index contributed by atoms with van der Waals surface area (Å²) in [6.45, 7) is 0.0598. The second-order valence-electron chi connectivity index (χ2n) is 4.34. The Labute approximate surface area is 130 Å². The number of nitrogens with two attached hydrogens (primary N) is 1. The summed E-state index contributed by atoms with van der Waals surface area (Å²) in [4.78, 5) is 23.2. The van der Waals surface area contributed by atoms with Crippen LogP contribution in [-0.4, -0.2) is 23.5 Å². The first-order chi connectivity index (χ1) is 9.97. The molecule has 0 bridgehead atoms. The first-order valence-electron chi connectivity index (χ1n) is 6.07. The number of rotatable bonds is 5. The zero-order chi connectivity index (χ0) is 15.4. The summed E-state index contributed by atoms with van der Waals surface area (Å²) < 4.78 is 0. The van der Waals surface area contributed by atoms with Crippen molar-refractivity contribution in [1.82, 2.24) is 5.32 Å². The van der Waals surface area contributed by atoms with Crippen LogP contribution < -0.4 is 11.1 Å². The zero-order valence-electron chi connectivity index (χ0n) is 10.9. The quantitative estimate of drug-likeness (QED) is 0.785. The molecule has 0 aliphatic carbocycles. The number of amides is 2. The van der Waals surface area contributed by atoms with Gasteiger partial charge in [-0.2, -0.15) is 0 Å². The molecule has 0 radical (unpaired) electrons. The number of aliphatic hydroxyl groups excluding tert-OH is 1. The van der Waals surface area contributed by atoms with E-state index in [0.717, 1.165) is 11.3 Å². The van der Waals surface area contributed by atoms with Crippen LogP contribution in [0.2, 0.25) is 5.02 Å². The van der Waals surface area contributed by atoms with Gasteiger partial charge in [0.05, 0.1) is 16.5 Å². The summed E-state index contributed by atoms with van der Waals surface area (Å²) in [5.41, 5.74) is 6.07.